The monoisotopic (exact) mass is 488 g/mol. The summed E-state index contributed by atoms with van der Waals surface area (Å²) in [5.74, 6) is -2.51. The van der Waals surface area contributed by atoms with Crippen molar-refractivity contribution in [2.45, 2.75) is 18.3 Å². The molecule has 4 rings (SSSR count). The van der Waals surface area contributed by atoms with Crippen LogP contribution in [0.4, 0.5) is 5.69 Å². The number of aryl methyl sites for hydroxylation is 1. The van der Waals surface area contributed by atoms with Gasteiger partial charge in [0, 0.05) is 16.8 Å². The van der Waals surface area contributed by atoms with Crippen molar-refractivity contribution in [2.75, 3.05) is 5.32 Å². The van der Waals surface area contributed by atoms with Crippen LogP contribution >= 0.6 is 34.8 Å². The summed E-state index contributed by atoms with van der Waals surface area (Å²) < 4.78 is 0. The number of alkyl halides is 1. The maximum Gasteiger partial charge on any atom is 0.224 e. The molecule has 2 aromatic carbocycles. The Kier molecular flexibility index (Phi) is 5.95. The Bertz CT molecular complexity index is 1250. The highest BCUT2D eigenvalue weighted by Gasteiger charge is 2.43. The van der Waals surface area contributed by atoms with Crippen molar-refractivity contribution in [3.8, 4) is 0 Å². The lowest BCUT2D eigenvalue weighted by Gasteiger charge is -2.30. The molecule has 2 aliphatic carbocycles. The van der Waals surface area contributed by atoms with Crippen molar-refractivity contribution in [3.63, 3.8) is 0 Å². The molecule has 2 atom stereocenters. The van der Waals surface area contributed by atoms with Crippen LogP contribution in [0.2, 0.25) is 0 Å². The molecular weight excluding hydrogens is 475 g/mol. The number of carbonyl (C=O) groups is 4. The summed E-state index contributed by atoms with van der Waals surface area (Å²) in [6.45, 7) is 1.91. The Morgan fingerprint density at radius 3 is 1.91 bits per heavy atom. The molecule has 9 heteroatoms. The van der Waals surface area contributed by atoms with Crippen LogP contribution in [0, 0.1) is 6.92 Å². The quantitative estimate of drug-likeness (QED) is 0.496. The average Bonchev–Trinajstić information content (AvgIpc) is 2.80. The van der Waals surface area contributed by atoms with Crippen LogP contribution in [0.1, 0.15) is 26.3 Å². The van der Waals surface area contributed by atoms with Crippen LogP contribution in [0.3, 0.4) is 0 Å². The van der Waals surface area contributed by atoms with Gasteiger partial charge < -0.3 is 10.6 Å². The number of fused-ring (bicyclic) bond motifs is 1. The minimum Gasteiger partial charge on any atom is -0.369 e. The van der Waals surface area contributed by atoms with E-state index in [1.165, 1.54) is 12.1 Å². The number of allylic oxidation sites excluding steroid dienone is 2. The first-order valence-corrected chi connectivity index (χ1v) is 10.7. The van der Waals surface area contributed by atoms with Gasteiger partial charge >= 0.3 is 0 Å². The summed E-state index contributed by atoms with van der Waals surface area (Å²) in [6.07, 6.45) is 0. The summed E-state index contributed by atoms with van der Waals surface area (Å²) in [4.78, 5) is 51.3. The van der Waals surface area contributed by atoms with Gasteiger partial charge in [-0.3, -0.25) is 19.2 Å². The van der Waals surface area contributed by atoms with Gasteiger partial charge in [0.05, 0.1) is 0 Å². The fraction of sp³-hybridized carbons (Fsp3) is 0.130. The van der Waals surface area contributed by atoms with Crippen molar-refractivity contribution in [2.24, 2.45) is 0 Å². The van der Waals surface area contributed by atoms with Crippen molar-refractivity contribution in [3.05, 3.63) is 86.7 Å². The number of rotatable bonds is 4. The van der Waals surface area contributed by atoms with Gasteiger partial charge in [-0.15, -0.1) is 11.6 Å². The molecule has 2 N–H and O–H groups in total. The Morgan fingerprint density at radius 1 is 0.750 bits per heavy atom. The molecule has 162 valence electrons. The van der Waals surface area contributed by atoms with E-state index in [1.807, 2.05) is 19.1 Å². The highest BCUT2D eigenvalue weighted by atomic mass is 35.5. The van der Waals surface area contributed by atoms with Gasteiger partial charge in [0.25, 0.3) is 0 Å². The summed E-state index contributed by atoms with van der Waals surface area (Å²) in [5, 5.41) is 3.26. The zero-order valence-electron chi connectivity index (χ0n) is 16.5. The van der Waals surface area contributed by atoms with Gasteiger partial charge in [-0.25, -0.2) is 0 Å². The lowest BCUT2D eigenvalue weighted by Crippen LogP contribution is -2.52. The van der Waals surface area contributed by atoms with Crippen LogP contribution in [-0.4, -0.2) is 34.6 Å². The summed E-state index contributed by atoms with van der Waals surface area (Å²) in [6, 6.07) is 12.0. The largest absolute Gasteiger partial charge is 0.369 e. The molecule has 0 spiro atoms. The zero-order valence-corrected chi connectivity index (χ0v) is 18.8. The summed E-state index contributed by atoms with van der Waals surface area (Å²) in [7, 11) is 0. The third kappa shape index (κ3) is 3.75. The topological polar surface area (TPSA) is 92.3 Å². The Labute approximate surface area is 198 Å². The number of benzene rings is 2. The molecule has 0 fully saturated rings. The van der Waals surface area contributed by atoms with Gasteiger partial charge in [0.1, 0.15) is 32.9 Å². The van der Waals surface area contributed by atoms with Crippen LogP contribution < -0.4 is 10.6 Å². The van der Waals surface area contributed by atoms with Crippen LogP contribution in [0.5, 0.6) is 0 Å². The molecule has 0 saturated heterocycles. The summed E-state index contributed by atoms with van der Waals surface area (Å²) in [5.41, 5.74) is 1.35. The third-order valence-corrected chi connectivity index (χ3v) is 6.37. The standard InChI is InChI=1S/C23H15Cl3N2O4/c1-10-6-8-11(9-7-10)27-18-15(25)23(32)19(16(26)22(18)31)28-17-14(24)20(29)12-4-2-3-5-13(12)21(17)30/h2-9,14,17,27-28H,1H3. The van der Waals surface area contributed by atoms with Gasteiger partial charge in [-0.2, -0.15) is 0 Å². The van der Waals surface area contributed by atoms with Crippen LogP contribution in [-0.2, 0) is 9.59 Å². The maximum atomic E-state index is 12.9. The van der Waals surface area contributed by atoms with E-state index < -0.39 is 44.6 Å². The molecule has 2 aliphatic rings. The predicted octanol–water partition coefficient (Wildman–Crippen LogP) is 4.10. The van der Waals surface area contributed by atoms with E-state index >= 15 is 0 Å². The normalized spacial score (nSPS) is 21.1. The SMILES string of the molecule is Cc1ccc(NC2=C(Cl)C(=O)C(NC3C(=O)c4ccccc4C(=O)C3Cl)=C(Cl)C2=O)cc1. The Hall–Kier alpha value is -2.93. The van der Waals surface area contributed by atoms with E-state index in [4.69, 9.17) is 34.8 Å². The number of anilines is 1. The molecule has 6 nitrogen and oxygen atoms in total. The van der Waals surface area contributed by atoms with E-state index in [9.17, 15) is 19.2 Å². The van der Waals surface area contributed by atoms with Crippen LogP contribution in [0.15, 0.2) is 70.0 Å². The minimum absolute atomic E-state index is 0.168. The second kappa shape index (κ2) is 8.54. The maximum absolute atomic E-state index is 12.9. The number of carbonyl (C=O) groups excluding carboxylic acids is 4. The van der Waals surface area contributed by atoms with E-state index in [0.29, 0.717) is 5.69 Å². The fourth-order valence-electron chi connectivity index (χ4n) is 3.48. The second-order valence-electron chi connectivity index (χ2n) is 7.33. The number of hydrogen-bond acceptors (Lipinski definition) is 6. The van der Waals surface area contributed by atoms with E-state index in [-0.39, 0.29) is 22.5 Å². The van der Waals surface area contributed by atoms with E-state index in [0.717, 1.165) is 5.56 Å². The number of Topliss-reactive ketones (excluding diaryl/α,β-unsaturated/α-hetero) is 4. The molecule has 0 saturated carbocycles. The molecule has 2 aromatic rings. The van der Waals surface area contributed by atoms with Crippen molar-refractivity contribution in [1.29, 1.82) is 0 Å². The van der Waals surface area contributed by atoms with Gasteiger partial charge in [0.2, 0.25) is 11.6 Å². The van der Waals surface area contributed by atoms with Crippen molar-refractivity contribution >= 4 is 63.6 Å². The molecular formula is C23H15Cl3N2O4. The van der Waals surface area contributed by atoms with E-state index in [1.54, 1.807) is 24.3 Å². The number of hydrogen-bond donors (Lipinski definition) is 2. The van der Waals surface area contributed by atoms with Gasteiger partial charge in [0.15, 0.2) is 11.6 Å². The van der Waals surface area contributed by atoms with Crippen molar-refractivity contribution < 1.29 is 19.2 Å². The van der Waals surface area contributed by atoms with E-state index in [2.05, 4.69) is 10.6 Å². The zero-order chi connectivity index (χ0) is 23.2. The number of halogens is 3. The highest BCUT2D eigenvalue weighted by Crippen LogP contribution is 2.32. The lowest BCUT2D eigenvalue weighted by atomic mass is 9.85. The van der Waals surface area contributed by atoms with Gasteiger partial charge in [-0.05, 0) is 19.1 Å². The molecule has 0 radical (unpaired) electrons. The molecule has 32 heavy (non-hydrogen) atoms. The molecule has 0 aromatic heterocycles. The number of nitrogens with one attached hydrogen (secondary N) is 2. The van der Waals surface area contributed by atoms with Crippen molar-refractivity contribution in [1.82, 2.24) is 5.32 Å². The highest BCUT2D eigenvalue weighted by molar-refractivity contribution is 6.56. The van der Waals surface area contributed by atoms with Gasteiger partial charge in [-0.1, -0.05) is 65.2 Å². The Balaban J connectivity index is 1.64. The summed E-state index contributed by atoms with van der Waals surface area (Å²) >= 11 is 18.6. The lowest BCUT2D eigenvalue weighted by molar-refractivity contribution is -0.115. The minimum atomic E-state index is -1.30. The second-order valence-corrected chi connectivity index (χ2v) is 8.55. The number of ketones is 4. The first kappa shape index (κ1) is 22.3. The molecule has 0 heterocycles. The smallest absolute Gasteiger partial charge is 0.224 e. The Morgan fingerprint density at radius 2 is 1.28 bits per heavy atom. The first-order valence-electron chi connectivity index (χ1n) is 9.51. The van der Waals surface area contributed by atoms with Crippen LogP contribution in [0.25, 0.3) is 0 Å². The third-order valence-electron chi connectivity index (χ3n) is 5.20. The predicted molar refractivity (Wildman–Crippen MR) is 122 cm³/mol. The average molecular weight is 490 g/mol. The first-order chi connectivity index (χ1) is 15.2. The molecule has 2 unspecified atom stereocenters. The fourth-order valence-corrected chi connectivity index (χ4v) is 4.23. The molecule has 0 amide bonds. The molecule has 0 aliphatic heterocycles. The molecule has 0 bridgehead atoms.